The summed E-state index contributed by atoms with van der Waals surface area (Å²) in [5, 5.41) is 21.1. The first-order valence-electron chi connectivity index (χ1n) is 14.0. The molecular formula is C29H39ClN6O5. The number of carbonyl (C=O) groups excluding carboxylic acids is 1. The van der Waals surface area contributed by atoms with E-state index in [1.807, 2.05) is 27.7 Å². The second kappa shape index (κ2) is 14.0. The summed E-state index contributed by atoms with van der Waals surface area (Å²) in [6.45, 7) is 9.50. The maximum Gasteiger partial charge on any atom is 0.410 e. The molecule has 0 spiro atoms. The van der Waals surface area contributed by atoms with Crippen LogP contribution in [0, 0.1) is 20.8 Å². The molecule has 2 aromatic heterocycles. The third-order valence-electron chi connectivity index (χ3n) is 7.11. The molecule has 0 aliphatic carbocycles. The minimum atomic E-state index is -0.661. The van der Waals surface area contributed by atoms with Crippen molar-refractivity contribution in [3.8, 4) is 28.4 Å². The average molecular weight is 587 g/mol. The van der Waals surface area contributed by atoms with Crippen LogP contribution < -0.4 is 15.4 Å². The van der Waals surface area contributed by atoms with E-state index in [-0.39, 0.29) is 18.7 Å². The Kier molecular flexibility index (Phi) is 10.4. The topological polar surface area (TPSA) is 135 Å². The minimum absolute atomic E-state index is 0.0347. The summed E-state index contributed by atoms with van der Waals surface area (Å²) < 4.78 is 16.6. The van der Waals surface area contributed by atoms with Gasteiger partial charge in [-0.25, -0.2) is 14.8 Å². The molecule has 1 saturated heterocycles. The van der Waals surface area contributed by atoms with Gasteiger partial charge in [0.15, 0.2) is 5.82 Å². The number of amides is 1. The number of likely N-dealkylation sites (N-methyl/N-ethyl adjacent to an activating group) is 1. The van der Waals surface area contributed by atoms with E-state index < -0.39 is 6.10 Å². The number of piperidine rings is 1. The van der Waals surface area contributed by atoms with Crippen molar-refractivity contribution in [2.45, 2.75) is 59.1 Å². The van der Waals surface area contributed by atoms with Crippen LogP contribution in [0.25, 0.3) is 22.6 Å². The molecule has 222 valence electrons. The van der Waals surface area contributed by atoms with Crippen LogP contribution in [0.5, 0.6) is 5.75 Å². The number of hydrogen-bond acceptors (Lipinski definition) is 10. The zero-order chi connectivity index (χ0) is 29.5. The smallest absolute Gasteiger partial charge is 0.410 e. The number of rotatable bonds is 11. The summed E-state index contributed by atoms with van der Waals surface area (Å²) in [5.41, 5.74) is 3.57. The number of aryl methyl sites for hydroxylation is 2. The summed E-state index contributed by atoms with van der Waals surface area (Å²) in [4.78, 5) is 24.2. The zero-order valence-electron chi connectivity index (χ0n) is 24.3. The van der Waals surface area contributed by atoms with Gasteiger partial charge in [-0.3, -0.25) is 0 Å². The zero-order valence-corrected chi connectivity index (χ0v) is 25.0. The summed E-state index contributed by atoms with van der Waals surface area (Å²) in [6.07, 6.45) is 1.89. The lowest BCUT2D eigenvalue weighted by Gasteiger charge is -2.35. The quantitative estimate of drug-likeness (QED) is 0.288. The number of hydrogen-bond donors (Lipinski definition) is 3. The van der Waals surface area contributed by atoms with Gasteiger partial charge in [-0.1, -0.05) is 16.8 Å². The highest BCUT2D eigenvalue weighted by Crippen LogP contribution is 2.36. The third kappa shape index (κ3) is 7.27. The summed E-state index contributed by atoms with van der Waals surface area (Å²) in [5.74, 6) is 2.18. The van der Waals surface area contributed by atoms with Crippen molar-refractivity contribution in [1.82, 2.24) is 25.3 Å². The first kappa shape index (κ1) is 30.5. The van der Waals surface area contributed by atoms with Crippen LogP contribution in [0.4, 0.5) is 10.6 Å². The van der Waals surface area contributed by atoms with Crippen molar-refractivity contribution >= 4 is 23.5 Å². The van der Waals surface area contributed by atoms with E-state index in [9.17, 15) is 9.90 Å². The average Bonchev–Trinajstić information content (AvgIpc) is 3.29. The lowest BCUT2D eigenvalue weighted by Crippen LogP contribution is -2.47. The Morgan fingerprint density at radius 2 is 2.07 bits per heavy atom. The maximum absolute atomic E-state index is 12.6. The number of halogens is 1. The molecule has 1 aliphatic heterocycles. The highest BCUT2D eigenvalue weighted by Gasteiger charge is 2.28. The number of carbonyl (C=O) groups is 1. The molecule has 0 unspecified atom stereocenters. The predicted molar refractivity (Wildman–Crippen MR) is 157 cm³/mol. The number of aliphatic hydroxyl groups is 1. The molecule has 11 nitrogen and oxygen atoms in total. The Bertz CT molecular complexity index is 1330. The molecule has 41 heavy (non-hydrogen) atoms. The molecule has 0 bridgehead atoms. The van der Waals surface area contributed by atoms with E-state index in [0.717, 1.165) is 30.4 Å². The van der Waals surface area contributed by atoms with Gasteiger partial charge in [-0.05, 0) is 72.2 Å². The Balaban J connectivity index is 1.70. The molecule has 4 rings (SSSR count). The van der Waals surface area contributed by atoms with E-state index in [0.29, 0.717) is 71.4 Å². The number of likely N-dealkylation sites (tertiary alicyclic amines) is 1. The van der Waals surface area contributed by atoms with E-state index in [1.165, 1.54) is 0 Å². The normalized spacial score (nSPS) is 16.0. The molecule has 3 heterocycles. The molecule has 3 aromatic rings. The summed E-state index contributed by atoms with van der Waals surface area (Å²) in [6, 6.07) is 5.20. The van der Waals surface area contributed by atoms with Crippen molar-refractivity contribution in [2.75, 3.05) is 45.2 Å². The Morgan fingerprint density at radius 1 is 1.27 bits per heavy atom. The fourth-order valence-corrected chi connectivity index (χ4v) is 5.20. The van der Waals surface area contributed by atoms with Crippen molar-refractivity contribution in [3.05, 3.63) is 40.2 Å². The van der Waals surface area contributed by atoms with Crippen LogP contribution >= 0.6 is 11.6 Å². The molecular weight excluding hydrogens is 548 g/mol. The van der Waals surface area contributed by atoms with E-state index in [2.05, 4.69) is 15.8 Å². The first-order valence-corrected chi connectivity index (χ1v) is 14.4. The second-order valence-electron chi connectivity index (χ2n) is 10.2. The van der Waals surface area contributed by atoms with Gasteiger partial charge in [0.1, 0.15) is 30.0 Å². The molecule has 1 aliphatic rings. The van der Waals surface area contributed by atoms with E-state index >= 15 is 0 Å². The van der Waals surface area contributed by atoms with Crippen molar-refractivity contribution in [1.29, 1.82) is 0 Å². The van der Waals surface area contributed by atoms with E-state index in [4.69, 9.17) is 35.6 Å². The molecule has 1 fully saturated rings. The number of benzene rings is 1. The van der Waals surface area contributed by atoms with Gasteiger partial charge in [0.25, 0.3) is 0 Å². The highest BCUT2D eigenvalue weighted by molar-refractivity contribution is 6.33. The summed E-state index contributed by atoms with van der Waals surface area (Å²) >= 11 is 6.65. The number of nitrogens with zero attached hydrogens (tertiary/aromatic N) is 4. The van der Waals surface area contributed by atoms with Gasteiger partial charge in [-0.15, -0.1) is 0 Å². The molecule has 1 amide bonds. The number of aliphatic hydroxyl groups excluding tert-OH is 1. The predicted octanol–water partition coefficient (Wildman–Crippen LogP) is 4.76. The van der Waals surface area contributed by atoms with E-state index in [1.54, 1.807) is 30.1 Å². The number of aromatic nitrogens is 3. The van der Waals surface area contributed by atoms with Gasteiger partial charge < -0.3 is 34.6 Å². The number of ether oxygens (including phenoxy) is 2. The highest BCUT2D eigenvalue weighted by atomic mass is 35.5. The van der Waals surface area contributed by atoms with Gasteiger partial charge in [-0.2, -0.15) is 0 Å². The van der Waals surface area contributed by atoms with Crippen molar-refractivity contribution < 1.29 is 23.9 Å². The fraction of sp³-hybridized carbons (Fsp3) is 0.517. The Hall–Kier alpha value is -3.41. The third-order valence-corrected chi connectivity index (χ3v) is 7.44. The first-order chi connectivity index (χ1) is 19.7. The lowest BCUT2D eigenvalue weighted by atomic mass is 10.0. The van der Waals surface area contributed by atoms with Crippen LogP contribution in [0.1, 0.15) is 43.2 Å². The molecule has 3 N–H and O–H groups in total. The van der Waals surface area contributed by atoms with Crippen LogP contribution in [-0.4, -0.2) is 83.3 Å². The van der Waals surface area contributed by atoms with Crippen molar-refractivity contribution in [3.63, 3.8) is 0 Å². The van der Waals surface area contributed by atoms with Gasteiger partial charge in [0.2, 0.25) is 0 Å². The largest absolute Gasteiger partial charge is 0.491 e. The van der Waals surface area contributed by atoms with Crippen LogP contribution in [0.15, 0.2) is 22.7 Å². The van der Waals surface area contributed by atoms with Gasteiger partial charge >= 0.3 is 6.09 Å². The lowest BCUT2D eigenvalue weighted by molar-refractivity contribution is 0.0797. The SMILES string of the molecule is CCOC(=O)N1CCCC[C@@H]1CNc1nc(-c2cc(OC[C@H](O)CNC)ccc2Cl)nc(-c2c(C)noc2C)c1C. The monoisotopic (exact) mass is 586 g/mol. The molecule has 1 aromatic carbocycles. The Labute approximate surface area is 245 Å². The van der Waals surface area contributed by atoms with Gasteiger partial charge in [0.05, 0.1) is 34.6 Å². The van der Waals surface area contributed by atoms with Crippen LogP contribution in [-0.2, 0) is 4.74 Å². The molecule has 0 saturated carbocycles. The van der Waals surface area contributed by atoms with Crippen molar-refractivity contribution in [2.24, 2.45) is 0 Å². The Morgan fingerprint density at radius 3 is 2.78 bits per heavy atom. The second-order valence-corrected chi connectivity index (χ2v) is 10.6. The maximum atomic E-state index is 12.6. The standard InChI is InChI=1S/C29H39ClN6O5/c1-6-39-29(38)36-12-8-7-9-20(36)14-32-27-17(2)26(25-18(3)35-41-19(25)4)33-28(34-27)23-13-22(10-11-24(23)30)40-16-21(37)15-31-5/h10-11,13,20-21,31,37H,6-9,12,14-16H2,1-5H3,(H,32,33,34)/t20-,21-/m1/s1. The van der Waals surface area contributed by atoms with Gasteiger partial charge in [0, 0.05) is 30.8 Å². The number of nitrogens with one attached hydrogen (secondary N) is 2. The summed E-state index contributed by atoms with van der Waals surface area (Å²) in [7, 11) is 1.77. The molecule has 12 heteroatoms. The molecule has 2 atom stereocenters. The fourth-order valence-electron chi connectivity index (χ4n) is 5.00. The number of anilines is 1. The van der Waals surface area contributed by atoms with Crippen LogP contribution in [0.3, 0.4) is 0 Å². The minimum Gasteiger partial charge on any atom is -0.491 e. The molecule has 0 radical (unpaired) electrons. The van der Waals surface area contributed by atoms with Crippen LogP contribution in [0.2, 0.25) is 5.02 Å².